The first-order valence-electron chi connectivity index (χ1n) is 6.73. The van der Waals surface area contributed by atoms with Crippen LogP contribution in [-0.2, 0) is 0 Å². The van der Waals surface area contributed by atoms with Crippen LogP contribution in [0.4, 0.5) is 5.69 Å². The molecular formula is C17H14N2O3. The zero-order chi connectivity index (χ0) is 15.4. The number of para-hydroxylation sites is 1. The zero-order valence-corrected chi connectivity index (χ0v) is 11.9. The third-order valence-corrected chi connectivity index (χ3v) is 3.20. The zero-order valence-electron chi connectivity index (χ0n) is 11.9. The van der Waals surface area contributed by atoms with Gasteiger partial charge in [-0.15, -0.1) is 0 Å². The lowest BCUT2D eigenvalue weighted by Crippen LogP contribution is -2.11. The van der Waals surface area contributed by atoms with Crippen LogP contribution in [-0.4, -0.2) is 18.2 Å². The number of carbonyl (C=O) groups is 1. The summed E-state index contributed by atoms with van der Waals surface area (Å²) < 4.78 is 10.3. The Morgan fingerprint density at radius 2 is 1.82 bits per heavy atom. The van der Waals surface area contributed by atoms with Crippen molar-refractivity contribution in [1.29, 1.82) is 0 Å². The molecule has 0 spiro atoms. The van der Waals surface area contributed by atoms with Crippen molar-refractivity contribution in [2.75, 3.05) is 12.4 Å². The molecule has 2 aromatic carbocycles. The van der Waals surface area contributed by atoms with Gasteiger partial charge >= 0.3 is 0 Å². The van der Waals surface area contributed by atoms with Gasteiger partial charge in [0.1, 0.15) is 11.3 Å². The highest BCUT2D eigenvalue weighted by molar-refractivity contribution is 6.07. The highest BCUT2D eigenvalue weighted by Gasteiger charge is 2.18. The van der Waals surface area contributed by atoms with Gasteiger partial charge in [-0.1, -0.05) is 23.4 Å². The monoisotopic (exact) mass is 294 g/mol. The first-order valence-corrected chi connectivity index (χ1v) is 6.73. The van der Waals surface area contributed by atoms with Crippen molar-refractivity contribution in [3.63, 3.8) is 0 Å². The first-order chi connectivity index (χ1) is 10.8. The maximum atomic E-state index is 12.4. The number of aromatic nitrogens is 1. The molecule has 0 atom stereocenters. The number of methoxy groups -OCH3 is 1. The number of carbonyl (C=O) groups excluding carboxylic acids is 1. The van der Waals surface area contributed by atoms with Gasteiger partial charge < -0.3 is 14.6 Å². The maximum Gasteiger partial charge on any atom is 0.261 e. The summed E-state index contributed by atoms with van der Waals surface area (Å²) in [6.07, 6.45) is 1.41. The predicted octanol–water partition coefficient (Wildman–Crippen LogP) is 3.60. The van der Waals surface area contributed by atoms with Crippen molar-refractivity contribution >= 4 is 11.6 Å². The molecule has 0 fully saturated rings. The summed E-state index contributed by atoms with van der Waals surface area (Å²) in [6.45, 7) is 0. The molecule has 22 heavy (non-hydrogen) atoms. The number of anilines is 1. The second kappa shape index (κ2) is 6.13. The van der Waals surface area contributed by atoms with E-state index in [4.69, 9.17) is 9.26 Å². The average molecular weight is 294 g/mol. The van der Waals surface area contributed by atoms with Crippen LogP contribution >= 0.6 is 0 Å². The Morgan fingerprint density at radius 3 is 2.50 bits per heavy atom. The maximum absolute atomic E-state index is 12.4. The van der Waals surface area contributed by atoms with Crippen LogP contribution in [0, 0.1) is 0 Å². The van der Waals surface area contributed by atoms with Crippen LogP contribution in [0.2, 0.25) is 0 Å². The smallest absolute Gasteiger partial charge is 0.261 e. The molecular weight excluding hydrogens is 280 g/mol. The Hall–Kier alpha value is -3.08. The number of hydrogen-bond donors (Lipinski definition) is 1. The minimum absolute atomic E-state index is 0.265. The van der Waals surface area contributed by atoms with Gasteiger partial charge in [0, 0.05) is 11.3 Å². The molecule has 1 aromatic heterocycles. The minimum Gasteiger partial charge on any atom is -0.497 e. The largest absolute Gasteiger partial charge is 0.497 e. The Kier molecular flexibility index (Phi) is 3.87. The fourth-order valence-electron chi connectivity index (χ4n) is 2.07. The van der Waals surface area contributed by atoms with E-state index < -0.39 is 0 Å². The van der Waals surface area contributed by atoms with Crippen molar-refractivity contribution in [1.82, 2.24) is 5.16 Å². The van der Waals surface area contributed by atoms with Crippen molar-refractivity contribution < 1.29 is 14.1 Å². The summed E-state index contributed by atoms with van der Waals surface area (Å²) in [4.78, 5) is 12.4. The van der Waals surface area contributed by atoms with Crippen LogP contribution < -0.4 is 10.1 Å². The summed E-state index contributed by atoms with van der Waals surface area (Å²) in [5, 5.41) is 6.55. The van der Waals surface area contributed by atoms with Gasteiger partial charge in [0.25, 0.3) is 5.91 Å². The molecule has 0 aliphatic rings. The fraction of sp³-hybridized carbons (Fsp3) is 0.0588. The lowest BCUT2D eigenvalue weighted by Gasteiger charge is -2.05. The van der Waals surface area contributed by atoms with Crippen molar-refractivity contribution in [3.05, 3.63) is 66.4 Å². The van der Waals surface area contributed by atoms with E-state index in [0.717, 1.165) is 17.0 Å². The molecule has 110 valence electrons. The third-order valence-electron chi connectivity index (χ3n) is 3.20. The number of ether oxygens (including phenoxy) is 1. The molecule has 0 radical (unpaired) electrons. The molecule has 3 rings (SSSR count). The molecule has 1 N–H and O–H groups in total. The Labute approximate surface area is 127 Å². The van der Waals surface area contributed by atoms with Gasteiger partial charge in [-0.2, -0.15) is 0 Å². The van der Waals surface area contributed by atoms with E-state index >= 15 is 0 Å². The topological polar surface area (TPSA) is 64.4 Å². The van der Waals surface area contributed by atoms with Gasteiger partial charge in [0.15, 0.2) is 5.76 Å². The lowest BCUT2D eigenvalue weighted by molar-refractivity contribution is 0.102. The van der Waals surface area contributed by atoms with E-state index in [1.807, 2.05) is 42.5 Å². The number of nitrogens with one attached hydrogen (secondary N) is 1. The number of amides is 1. The quantitative estimate of drug-likeness (QED) is 0.798. The SMILES string of the molecule is COc1ccc(-c2oncc2C(=O)Nc2ccccc2)cc1. The van der Waals surface area contributed by atoms with E-state index in [0.29, 0.717) is 11.3 Å². The van der Waals surface area contributed by atoms with Crippen molar-refractivity contribution in [2.45, 2.75) is 0 Å². The van der Waals surface area contributed by atoms with Gasteiger partial charge in [-0.05, 0) is 36.4 Å². The molecule has 0 saturated heterocycles. The Bertz CT molecular complexity index is 764. The predicted molar refractivity (Wildman–Crippen MR) is 82.9 cm³/mol. The van der Waals surface area contributed by atoms with Crippen LogP contribution in [0.3, 0.4) is 0 Å². The van der Waals surface area contributed by atoms with Gasteiger partial charge in [-0.25, -0.2) is 0 Å². The number of benzene rings is 2. The van der Waals surface area contributed by atoms with Crippen LogP contribution in [0.25, 0.3) is 11.3 Å². The first kappa shape index (κ1) is 13.9. The third kappa shape index (κ3) is 2.83. The molecule has 1 heterocycles. The molecule has 0 unspecified atom stereocenters. The normalized spacial score (nSPS) is 10.2. The molecule has 1 amide bonds. The summed E-state index contributed by atoms with van der Waals surface area (Å²) in [6, 6.07) is 16.5. The van der Waals surface area contributed by atoms with E-state index in [1.165, 1.54) is 6.20 Å². The van der Waals surface area contributed by atoms with Crippen LogP contribution in [0.15, 0.2) is 65.3 Å². The van der Waals surface area contributed by atoms with Gasteiger partial charge in [0.05, 0.1) is 13.3 Å². The molecule has 5 heteroatoms. The minimum atomic E-state index is -0.265. The van der Waals surface area contributed by atoms with E-state index in [2.05, 4.69) is 10.5 Å². The van der Waals surface area contributed by atoms with E-state index in [9.17, 15) is 4.79 Å². The van der Waals surface area contributed by atoms with Crippen molar-refractivity contribution in [3.8, 4) is 17.1 Å². The highest BCUT2D eigenvalue weighted by atomic mass is 16.5. The average Bonchev–Trinajstić information content (AvgIpc) is 3.05. The Balaban J connectivity index is 1.86. The van der Waals surface area contributed by atoms with Crippen LogP contribution in [0.1, 0.15) is 10.4 Å². The fourth-order valence-corrected chi connectivity index (χ4v) is 2.07. The number of rotatable bonds is 4. The molecule has 0 aliphatic heterocycles. The van der Waals surface area contributed by atoms with Crippen LogP contribution in [0.5, 0.6) is 5.75 Å². The second-order valence-electron chi connectivity index (χ2n) is 4.62. The second-order valence-corrected chi connectivity index (χ2v) is 4.62. The summed E-state index contributed by atoms with van der Waals surface area (Å²) in [5.41, 5.74) is 1.86. The summed E-state index contributed by atoms with van der Waals surface area (Å²) >= 11 is 0. The molecule has 3 aromatic rings. The molecule has 0 aliphatic carbocycles. The summed E-state index contributed by atoms with van der Waals surface area (Å²) in [7, 11) is 1.60. The molecule has 0 saturated carbocycles. The Morgan fingerprint density at radius 1 is 1.09 bits per heavy atom. The van der Waals surface area contributed by atoms with Gasteiger partial charge in [0.2, 0.25) is 0 Å². The van der Waals surface area contributed by atoms with Crippen molar-refractivity contribution in [2.24, 2.45) is 0 Å². The highest BCUT2D eigenvalue weighted by Crippen LogP contribution is 2.26. The summed E-state index contributed by atoms with van der Waals surface area (Å²) in [5.74, 6) is 0.896. The van der Waals surface area contributed by atoms with E-state index in [1.54, 1.807) is 19.2 Å². The van der Waals surface area contributed by atoms with E-state index in [-0.39, 0.29) is 5.91 Å². The number of hydrogen-bond acceptors (Lipinski definition) is 4. The molecule has 5 nitrogen and oxygen atoms in total. The van der Waals surface area contributed by atoms with Gasteiger partial charge in [-0.3, -0.25) is 4.79 Å². The number of nitrogens with zero attached hydrogens (tertiary/aromatic N) is 1. The molecule has 0 bridgehead atoms. The lowest BCUT2D eigenvalue weighted by atomic mass is 10.1. The standard InChI is InChI=1S/C17H14N2O3/c1-21-14-9-7-12(8-10-14)16-15(11-18-22-16)17(20)19-13-5-3-2-4-6-13/h2-11H,1H3,(H,19,20).